The van der Waals surface area contributed by atoms with Crippen LogP contribution in [0.1, 0.15) is 5.56 Å². The van der Waals surface area contributed by atoms with Crippen molar-refractivity contribution in [3.05, 3.63) is 43.0 Å². The van der Waals surface area contributed by atoms with E-state index >= 15 is 0 Å². The van der Waals surface area contributed by atoms with Crippen LogP contribution in [-0.2, 0) is 6.54 Å². The van der Waals surface area contributed by atoms with Crippen molar-refractivity contribution in [2.75, 3.05) is 11.9 Å². The number of hydrogen-bond donors (Lipinski definition) is 2. The zero-order chi connectivity index (χ0) is 10.5. The van der Waals surface area contributed by atoms with Gasteiger partial charge in [0, 0.05) is 30.7 Å². The number of aromatic nitrogens is 4. The van der Waals surface area contributed by atoms with E-state index in [1.54, 1.807) is 18.5 Å². The van der Waals surface area contributed by atoms with Gasteiger partial charge in [-0.15, -0.1) is 6.58 Å². The Morgan fingerprint density at radius 1 is 1.60 bits per heavy atom. The molecule has 0 saturated carbocycles. The van der Waals surface area contributed by atoms with Gasteiger partial charge in [0.25, 0.3) is 0 Å². The molecule has 0 amide bonds. The molecule has 2 heterocycles. The van der Waals surface area contributed by atoms with E-state index in [4.69, 9.17) is 0 Å². The summed E-state index contributed by atoms with van der Waals surface area (Å²) in [6.07, 6.45) is 9.18. The largest absolute Gasteiger partial charge is 0.352 e. The summed E-state index contributed by atoms with van der Waals surface area (Å²) < 4.78 is 2.02. The van der Waals surface area contributed by atoms with Gasteiger partial charge < -0.3 is 9.88 Å². The normalized spacial score (nSPS) is 10.1. The Balaban J connectivity index is 2.07. The molecule has 0 fully saturated rings. The topological polar surface area (TPSA) is 58.5 Å². The Hall–Kier alpha value is -2.04. The molecule has 78 valence electrons. The lowest BCUT2D eigenvalue weighted by Crippen LogP contribution is -2.07. The third-order valence-corrected chi connectivity index (χ3v) is 2.03. The first kappa shape index (κ1) is 9.51. The van der Waals surface area contributed by atoms with Crippen LogP contribution in [0.25, 0.3) is 0 Å². The van der Waals surface area contributed by atoms with Crippen molar-refractivity contribution in [3.8, 4) is 0 Å². The number of nitrogens with one attached hydrogen (secondary N) is 2. The summed E-state index contributed by atoms with van der Waals surface area (Å²) in [6, 6.07) is 0. The number of anilines is 1. The minimum Gasteiger partial charge on any atom is -0.352 e. The molecule has 0 unspecified atom stereocenters. The molecule has 2 aromatic rings. The number of rotatable bonds is 5. The highest BCUT2D eigenvalue weighted by atomic mass is 15.2. The fraction of sp³-hybridized carbons (Fsp3) is 0.200. The van der Waals surface area contributed by atoms with Crippen LogP contribution in [0.5, 0.6) is 0 Å². The Bertz CT molecular complexity index is 415. The quantitative estimate of drug-likeness (QED) is 0.719. The molecule has 0 spiro atoms. The molecule has 0 bridgehead atoms. The Morgan fingerprint density at radius 3 is 3.27 bits per heavy atom. The van der Waals surface area contributed by atoms with E-state index in [9.17, 15) is 0 Å². The van der Waals surface area contributed by atoms with Crippen LogP contribution in [0, 0.1) is 0 Å². The molecular formula is C10H13N5. The zero-order valence-electron chi connectivity index (χ0n) is 8.35. The predicted octanol–water partition coefficient (Wildman–Crippen LogP) is 1.25. The number of H-pyrrole nitrogens is 1. The number of nitrogens with zero attached hydrogens (tertiary/aromatic N) is 3. The van der Waals surface area contributed by atoms with Crippen LogP contribution in [0.15, 0.2) is 37.4 Å². The number of hydrogen-bond acceptors (Lipinski definition) is 3. The van der Waals surface area contributed by atoms with E-state index in [-0.39, 0.29) is 0 Å². The fourth-order valence-corrected chi connectivity index (χ4v) is 1.33. The van der Waals surface area contributed by atoms with Crippen LogP contribution >= 0.6 is 0 Å². The molecule has 0 aromatic carbocycles. The average molecular weight is 203 g/mol. The van der Waals surface area contributed by atoms with Crippen LogP contribution < -0.4 is 5.32 Å². The second-order valence-electron chi connectivity index (χ2n) is 3.15. The van der Waals surface area contributed by atoms with Gasteiger partial charge in [0.15, 0.2) is 0 Å². The summed E-state index contributed by atoms with van der Waals surface area (Å²) in [5.74, 6) is 0.844. The first-order valence-electron chi connectivity index (χ1n) is 4.73. The molecule has 0 aliphatic carbocycles. The standard InChI is InChI=1S/C10H13N5/c1-2-3-11-10-12-4-5-15(10)8-9-6-13-14-7-9/h2,4-7H,1,3,8H2,(H,11,12)(H,13,14). The van der Waals surface area contributed by atoms with Gasteiger partial charge >= 0.3 is 0 Å². The lowest BCUT2D eigenvalue weighted by atomic mass is 10.3. The fourth-order valence-electron chi connectivity index (χ4n) is 1.33. The smallest absolute Gasteiger partial charge is 0.203 e. The van der Waals surface area contributed by atoms with Crippen molar-refractivity contribution in [2.24, 2.45) is 0 Å². The first-order chi connectivity index (χ1) is 7.40. The van der Waals surface area contributed by atoms with E-state index in [2.05, 4.69) is 27.1 Å². The van der Waals surface area contributed by atoms with Crippen molar-refractivity contribution in [2.45, 2.75) is 6.54 Å². The van der Waals surface area contributed by atoms with Crippen LogP contribution in [0.4, 0.5) is 5.95 Å². The first-order valence-corrected chi connectivity index (χ1v) is 4.73. The van der Waals surface area contributed by atoms with Crippen molar-refractivity contribution < 1.29 is 0 Å². The summed E-state index contributed by atoms with van der Waals surface area (Å²) in [6.45, 7) is 5.12. The van der Waals surface area contributed by atoms with Gasteiger partial charge in [-0.05, 0) is 0 Å². The Kier molecular flexibility index (Phi) is 2.82. The van der Waals surface area contributed by atoms with Gasteiger partial charge in [-0.25, -0.2) is 4.98 Å². The Morgan fingerprint density at radius 2 is 2.53 bits per heavy atom. The molecule has 15 heavy (non-hydrogen) atoms. The Labute approximate surface area is 87.8 Å². The molecule has 0 radical (unpaired) electrons. The highest BCUT2D eigenvalue weighted by Crippen LogP contribution is 2.07. The molecule has 0 aliphatic rings. The van der Waals surface area contributed by atoms with Gasteiger partial charge in [-0.2, -0.15) is 5.10 Å². The predicted molar refractivity (Wildman–Crippen MR) is 58.6 cm³/mol. The van der Waals surface area contributed by atoms with Crippen molar-refractivity contribution in [3.63, 3.8) is 0 Å². The summed E-state index contributed by atoms with van der Waals surface area (Å²) in [5, 5.41) is 9.84. The van der Waals surface area contributed by atoms with Gasteiger partial charge in [0.1, 0.15) is 0 Å². The molecule has 2 rings (SSSR count). The van der Waals surface area contributed by atoms with Crippen LogP contribution in [0.2, 0.25) is 0 Å². The molecule has 5 nitrogen and oxygen atoms in total. The van der Waals surface area contributed by atoms with E-state index < -0.39 is 0 Å². The average Bonchev–Trinajstić information content (AvgIpc) is 2.87. The molecule has 5 heteroatoms. The summed E-state index contributed by atoms with van der Waals surface area (Å²) in [7, 11) is 0. The monoisotopic (exact) mass is 203 g/mol. The molecule has 0 atom stereocenters. The third-order valence-electron chi connectivity index (χ3n) is 2.03. The van der Waals surface area contributed by atoms with Gasteiger partial charge in [-0.1, -0.05) is 6.08 Å². The summed E-state index contributed by atoms with van der Waals surface area (Å²) in [4.78, 5) is 4.21. The zero-order valence-corrected chi connectivity index (χ0v) is 8.35. The lowest BCUT2D eigenvalue weighted by Gasteiger charge is -2.06. The molecular weight excluding hydrogens is 190 g/mol. The summed E-state index contributed by atoms with van der Waals surface area (Å²) in [5.41, 5.74) is 1.12. The SMILES string of the molecule is C=CCNc1nccn1Cc1cn[nH]c1. The van der Waals surface area contributed by atoms with Gasteiger partial charge in [0.05, 0.1) is 12.7 Å². The molecule has 2 N–H and O–H groups in total. The van der Waals surface area contributed by atoms with Crippen LogP contribution in [-0.4, -0.2) is 26.3 Å². The van der Waals surface area contributed by atoms with Crippen molar-refractivity contribution in [1.29, 1.82) is 0 Å². The molecule has 0 aliphatic heterocycles. The minimum atomic E-state index is 0.711. The molecule has 2 aromatic heterocycles. The lowest BCUT2D eigenvalue weighted by molar-refractivity contribution is 0.803. The van der Waals surface area contributed by atoms with Gasteiger partial charge in [0.2, 0.25) is 5.95 Å². The molecule has 0 saturated heterocycles. The van der Waals surface area contributed by atoms with E-state index in [0.717, 1.165) is 18.1 Å². The van der Waals surface area contributed by atoms with Crippen molar-refractivity contribution in [1.82, 2.24) is 19.7 Å². The second kappa shape index (κ2) is 4.45. The maximum Gasteiger partial charge on any atom is 0.203 e. The van der Waals surface area contributed by atoms with Crippen molar-refractivity contribution >= 4 is 5.95 Å². The van der Waals surface area contributed by atoms with E-state index in [0.29, 0.717) is 6.54 Å². The second-order valence-corrected chi connectivity index (χ2v) is 3.15. The number of imidazole rings is 1. The summed E-state index contributed by atoms with van der Waals surface area (Å²) >= 11 is 0. The third kappa shape index (κ3) is 2.25. The van der Waals surface area contributed by atoms with E-state index in [1.165, 1.54) is 0 Å². The number of aromatic amines is 1. The maximum atomic E-state index is 4.21. The van der Waals surface area contributed by atoms with Crippen LogP contribution in [0.3, 0.4) is 0 Å². The highest BCUT2D eigenvalue weighted by molar-refractivity contribution is 5.28. The van der Waals surface area contributed by atoms with E-state index in [1.807, 2.05) is 17.0 Å². The minimum absolute atomic E-state index is 0.711. The highest BCUT2D eigenvalue weighted by Gasteiger charge is 2.02. The maximum absolute atomic E-state index is 4.21. The van der Waals surface area contributed by atoms with Gasteiger partial charge in [-0.3, -0.25) is 5.10 Å².